The van der Waals surface area contributed by atoms with Crippen molar-refractivity contribution in [2.75, 3.05) is 25.1 Å². The van der Waals surface area contributed by atoms with Gasteiger partial charge in [-0.2, -0.15) is 0 Å². The van der Waals surface area contributed by atoms with Gasteiger partial charge in [0, 0.05) is 30.6 Å². The number of anilines is 1. The molecule has 2 nitrogen and oxygen atoms in total. The van der Waals surface area contributed by atoms with E-state index < -0.39 is 0 Å². The zero-order valence-electron chi connectivity index (χ0n) is 8.71. The van der Waals surface area contributed by atoms with Gasteiger partial charge in [0.25, 0.3) is 0 Å². The number of alkyl halides is 1. The van der Waals surface area contributed by atoms with Gasteiger partial charge in [0.15, 0.2) is 0 Å². The summed E-state index contributed by atoms with van der Waals surface area (Å²) in [5.41, 5.74) is 2.32. The zero-order valence-corrected chi connectivity index (χ0v) is 9.46. The first-order valence-corrected chi connectivity index (χ1v) is 5.88. The Morgan fingerprint density at radius 3 is 2.73 bits per heavy atom. The van der Waals surface area contributed by atoms with E-state index in [9.17, 15) is 0 Å². The van der Waals surface area contributed by atoms with Crippen LogP contribution in [0.15, 0.2) is 24.3 Å². The van der Waals surface area contributed by atoms with Crippen LogP contribution >= 0.6 is 11.6 Å². The van der Waals surface area contributed by atoms with E-state index >= 15 is 0 Å². The molecule has 0 aliphatic carbocycles. The molecule has 1 aromatic rings. The number of hydrogen-bond donors (Lipinski definition) is 1. The first kappa shape index (κ1) is 10.8. The smallest absolute Gasteiger partial charge is 0.0511 e. The minimum Gasteiger partial charge on any atom is -0.385 e. The van der Waals surface area contributed by atoms with E-state index in [1.54, 1.807) is 0 Å². The largest absolute Gasteiger partial charge is 0.385 e. The molecule has 1 aromatic carbocycles. The van der Waals surface area contributed by atoms with Crippen LogP contribution in [0.2, 0.25) is 0 Å². The number of ether oxygens (including phenoxy) is 1. The van der Waals surface area contributed by atoms with Gasteiger partial charge < -0.3 is 10.1 Å². The number of rotatable bonds is 4. The van der Waals surface area contributed by atoms with Crippen LogP contribution in [-0.2, 0) is 10.6 Å². The third-order valence-electron chi connectivity index (χ3n) is 2.73. The molecule has 0 amide bonds. The van der Waals surface area contributed by atoms with Gasteiger partial charge in [-0.3, -0.25) is 0 Å². The van der Waals surface area contributed by atoms with E-state index in [4.69, 9.17) is 16.3 Å². The van der Waals surface area contributed by atoms with Gasteiger partial charge in [-0.15, -0.1) is 11.6 Å². The molecular formula is C12H16ClNO. The molecule has 0 spiro atoms. The zero-order chi connectivity index (χ0) is 10.5. The van der Waals surface area contributed by atoms with Crippen LogP contribution in [0.4, 0.5) is 5.69 Å². The van der Waals surface area contributed by atoms with Crippen LogP contribution in [-0.4, -0.2) is 19.8 Å². The molecule has 1 aliphatic rings. The summed E-state index contributed by atoms with van der Waals surface area (Å²) in [6.45, 7) is 2.81. The van der Waals surface area contributed by atoms with Crippen LogP contribution in [0.1, 0.15) is 12.0 Å². The topological polar surface area (TPSA) is 21.3 Å². The second-order valence-electron chi connectivity index (χ2n) is 3.94. The molecule has 0 saturated carbocycles. The molecule has 15 heavy (non-hydrogen) atoms. The maximum absolute atomic E-state index is 5.72. The van der Waals surface area contributed by atoms with Gasteiger partial charge in [-0.25, -0.2) is 0 Å². The molecule has 1 atom stereocenters. The van der Waals surface area contributed by atoms with E-state index in [-0.39, 0.29) is 0 Å². The van der Waals surface area contributed by atoms with Crippen molar-refractivity contribution in [3.8, 4) is 0 Å². The SMILES string of the molecule is ClCc1ccc(NCC2CCOC2)cc1. The Labute approximate surface area is 95.6 Å². The lowest BCUT2D eigenvalue weighted by Crippen LogP contribution is -2.13. The summed E-state index contributed by atoms with van der Waals surface area (Å²) < 4.78 is 5.32. The maximum Gasteiger partial charge on any atom is 0.0511 e. The Bertz CT molecular complexity index is 293. The number of nitrogens with one attached hydrogen (secondary N) is 1. The van der Waals surface area contributed by atoms with Crippen molar-refractivity contribution in [2.24, 2.45) is 5.92 Å². The van der Waals surface area contributed by atoms with Crippen molar-refractivity contribution in [1.29, 1.82) is 0 Å². The lowest BCUT2D eigenvalue weighted by atomic mass is 10.1. The standard InChI is InChI=1S/C12H16ClNO/c13-7-10-1-3-12(4-2-10)14-8-11-5-6-15-9-11/h1-4,11,14H,5-9H2. The van der Waals surface area contributed by atoms with E-state index in [0.717, 1.165) is 31.0 Å². The van der Waals surface area contributed by atoms with Crippen LogP contribution in [0.3, 0.4) is 0 Å². The fourth-order valence-corrected chi connectivity index (χ4v) is 1.90. The van der Waals surface area contributed by atoms with Crippen molar-refractivity contribution < 1.29 is 4.74 Å². The molecule has 1 heterocycles. The summed E-state index contributed by atoms with van der Waals surface area (Å²) in [5, 5.41) is 3.41. The highest BCUT2D eigenvalue weighted by atomic mass is 35.5. The molecule has 1 saturated heterocycles. The summed E-state index contributed by atoms with van der Waals surface area (Å²) in [4.78, 5) is 0. The third kappa shape index (κ3) is 3.11. The minimum absolute atomic E-state index is 0.580. The monoisotopic (exact) mass is 225 g/mol. The number of benzene rings is 1. The molecule has 0 bridgehead atoms. The van der Waals surface area contributed by atoms with E-state index in [2.05, 4.69) is 29.6 Å². The maximum atomic E-state index is 5.72. The van der Waals surface area contributed by atoms with Crippen LogP contribution in [0.5, 0.6) is 0 Å². The Hall–Kier alpha value is -0.730. The van der Waals surface area contributed by atoms with Crippen LogP contribution in [0, 0.1) is 5.92 Å². The van der Waals surface area contributed by atoms with Crippen molar-refractivity contribution in [1.82, 2.24) is 0 Å². The molecule has 1 fully saturated rings. The minimum atomic E-state index is 0.580. The summed E-state index contributed by atoms with van der Waals surface area (Å²) in [6, 6.07) is 8.27. The number of halogens is 1. The predicted octanol–water partition coefficient (Wildman–Crippen LogP) is 2.87. The quantitative estimate of drug-likeness (QED) is 0.796. The first-order chi connectivity index (χ1) is 7.38. The lowest BCUT2D eigenvalue weighted by molar-refractivity contribution is 0.187. The molecule has 2 rings (SSSR count). The molecule has 0 aromatic heterocycles. The average molecular weight is 226 g/mol. The Kier molecular flexibility index (Phi) is 3.87. The van der Waals surface area contributed by atoms with Gasteiger partial charge in [0.2, 0.25) is 0 Å². The lowest BCUT2D eigenvalue weighted by Gasteiger charge is -2.10. The normalized spacial score (nSPS) is 20.5. The van der Waals surface area contributed by atoms with Crippen LogP contribution < -0.4 is 5.32 Å². The van der Waals surface area contributed by atoms with Gasteiger partial charge in [-0.1, -0.05) is 12.1 Å². The van der Waals surface area contributed by atoms with Crippen molar-refractivity contribution in [3.63, 3.8) is 0 Å². The van der Waals surface area contributed by atoms with Crippen LogP contribution in [0.25, 0.3) is 0 Å². The molecule has 1 N–H and O–H groups in total. The predicted molar refractivity (Wildman–Crippen MR) is 63.4 cm³/mol. The Morgan fingerprint density at radius 1 is 1.33 bits per heavy atom. The molecule has 1 aliphatic heterocycles. The Balaban J connectivity index is 1.82. The van der Waals surface area contributed by atoms with E-state index in [1.807, 2.05) is 0 Å². The Morgan fingerprint density at radius 2 is 2.13 bits per heavy atom. The number of hydrogen-bond acceptors (Lipinski definition) is 2. The second kappa shape index (κ2) is 5.38. The highest BCUT2D eigenvalue weighted by Crippen LogP contribution is 2.15. The first-order valence-electron chi connectivity index (χ1n) is 5.35. The fraction of sp³-hybridized carbons (Fsp3) is 0.500. The van der Waals surface area contributed by atoms with Crippen molar-refractivity contribution in [3.05, 3.63) is 29.8 Å². The highest BCUT2D eigenvalue weighted by Gasteiger charge is 2.14. The van der Waals surface area contributed by atoms with Crippen molar-refractivity contribution >= 4 is 17.3 Å². The summed E-state index contributed by atoms with van der Waals surface area (Å²) in [7, 11) is 0. The summed E-state index contributed by atoms with van der Waals surface area (Å²) >= 11 is 5.72. The van der Waals surface area contributed by atoms with Gasteiger partial charge in [-0.05, 0) is 24.1 Å². The van der Waals surface area contributed by atoms with Crippen molar-refractivity contribution in [2.45, 2.75) is 12.3 Å². The molecule has 1 unspecified atom stereocenters. The second-order valence-corrected chi connectivity index (χ2v) is 4.21. The van der Waals surface area contributed by atoms with Gasteiger partial charge >= 0.3 is 0 Å². The highest BCUT2D eigenvalue weighted by molar-refractivity contribution is 6.17. The summed E-state index contributed by atoms with van der Waals surface area (Å²) in [5.74, 6) is 1.24. The third-order valence-corrected chi connectivity index (χ3v) is 3.04. The summed E-state index contributed by atoms with van der Waals surface area (Å²) in [6.07, 6.45) is 1.17. The molecule has 3 heteroatoms. The van der Waals surface area contributed by atoms with Gasteiger partial charge in [0.05, 0.1) is 6.61 Å². The van der Waals surface area contributed by atoms with Gasteiger partial charge in [0.1, 0.15) is 0 Å². The average Bonchev–Trinajstić information content (AvgIpc) is 2.80. The molecule has 0 radical (unpaired) electrons. The van der Waals surface area contributed by atoms with E-state index in [1.165, 1.54) is 6.42 Å². The van der Waals surface area contributed by atoms with E-state index in [0.29, 0.717) is 11.8 Å². The fourth-order valence-electron chi connectivity index (χ4n) is 1.72. The molecular weight excluding hydrogens is 210 g/mol. The molecule has 82 valence electrons.